The normalized spacial score (nSPS) is 23.4. The average molecular weight is 336 g/mol. The molecule has 0 amide bonds. The van der Waals surface area contributed by atoms with Crippen LogP contribution in [-0.2, 0) is 10.0 Å². The highest BCUT2D eigenvalue weighted by Gasteiger charge is 2.36. The minimum absolute atomic E-state index is 0.111. The van der Waals surface area contributed by atoms with Crippen molar-refractivity contribution in [3.8, 4) is 0 Å². The average Bonchev–Trinajstić information content (AvgIpc) is 2.93. The summed E-state index contributed by atoms with van der Waals surface area (Å²) < 4.78 is 39.2. The molecule has 2 rings (SSSR count). The van der Waals surface area contributed by atoms with E-state index < -0.39 is 15.8 Å². The van der Waals surface area contributed by atoms with Crippen molar-refractivity contribution in [3.05, 3.63) is 28.5 Å². The standard InChI is InChI=1S/C12H15BrFNO2S/c1-8-5-9(8)7-15(2)18(16,17)12-4-3-10(14)6-11(12)13/h3-4,6,8-9H,5,7H2,1-2H3. The van der Waals surface area contributed by atoms with E-state index in [1.54, 1.807) is 7.05 Å². The predicted octanol–water partition coefficient (Wildman–Crippen LogP) is 2.86. The van der Waals surface area contributed by atoms with Crippen molar-refractivity contribution in [2.45, 2.75) is 18.2 Å². The van der Waals surface area contributed by atoms with Crippen LogP contribution >= 0.6 is 15.9 Å². The Hall–Kier alpha value is -0.460. The predicted molar refractivity (Wildman–Crippen MR) is 71.2 cm³/mol. The summed E-state index contributed by atoms with van der Waals surface area (Å²) in [6.45, 7) is 2.63. The third-order valence-corrected chi connectivity index (χ3v) is 6.15. The molecule has 0 heterocycles. The van der Waals surface area contributed by atoms with Crippen molar-refractivity contribution in [2.75, 3.05) is 13.6 Å². The van der Waals surface area contributed by atoms with Gasteiger partial charge in [-0.1, -0.05) is 6.92 Å². The zero-order valence-electron chi connectivity index (χ0n) is 10.2. The van der Waals surface area contributed by atoms with Crippen molar-refractivity contribution in [1.29, 1.82) is 0 Å². The molecule has 1 fully saturated rings. The van der Waals surface area contributed by atoms with Crippen LogP contribution in [0.15, 0.2) is 27.6 Å². The number of nitrogens with zero attached hydrogens (tertiary/aromatic N) is 1. The van der Waals surface area contributed by atoms with Crippen LogP contribution in [0, 0.1) is 17.7 Å². The number of rotatable bonds is 4. The first-order chi connectivity index (χ1) is 8.32. The van der Waals surface area contributed by atoms with Crippen LogP contribution in [0.4, 0.5) is 4.39 Å². The fraction of sp³-hybridized carbons (Fsp3) is 0.500. The van der Waals surface area contributed by atoms with Gasteiger partial charge in [-0.2, -0.15) is 0 Å². The van der Waals surface area contributed by atoms with Gasteiger partial charge in [0.25, 0.3) is 0 Å². The van der Waals surface area contributed by atoms with Crippen LogP contribution in [0.1, 0.15) is 13.3 Å². The second-order valence-electron chi connectivity index (χ2n) is 4.83. The second kappa shape index (κ2) is 4.90. The van der Waals surface area contributed by atoms with E-state index in [1.165, 1.54) is 16.4 Å². The molecular formula is C12H15BrFNO2S. The smallest absolute Gasteiger partial charge is 0.207 e. The van der Waals surface area contributed by atoms with Gasteiger partial charge < -0.3 is 0 Å². The van der Waals surface area contributed by atoms with Crippen LogP contribution in [0.25, 0.3) is 0 Å². The highest BCUT2D eigenvalue weighted by atomic mass is 79.9. The molecule has 0 aliphatic heterocycles. The molecule has 0 spiro atoms. The van der Waals surface area contributed by atoms with Gasteiger partial charge >= 0.3 is 0 Å². The van der Waals surface area contributed by atoms with Gasteiger partial charge in [-0.15, -0.1) is 0 Å². The highest BCUT2D eigenvalue weighted by molar-refractivity contribution is 9.10. The number of hydrogen-bond acceptors (Lipinski definition) is 2. The first-order valence-electron chi connectivity index (χ1n) is 5.73. The SMILES string of the molecule is CC1CC1CN(C)S(=O)(=O)c1ccc(F)cc1Br. The monoisotopic (exact) mass is 335 g/mol. The molecule has 1 aromatic carbocycles. The van der Waals surface area contributed by atoms with Crippen LogP contribution in [-0.4, -0.2) is 26.3 Å². The third-order valence-electron chi connectivity index (χ3n) is 3.35. The molecule has 0 saturated heterocycles. The van der Waals surface area contributed by atoms with Crippen LogP contribution in [0.5, 0.6) is 0 Å². The summed E-state index contributed by atoms with van der Waals surface area (Å²) in [5.41, 5.74) is 0. The number of benzene rings is 1. The van der Waals surface area contributed by atoms with Crippen LogP contribution in [0.3, 0.4) is 0 Å². The Morgan fingerprint density at radius 2 is 2.11 bits per heavy atom. The van der Waals surface area contributed by atoms with Gasteiger partial charge in [0.2, 0.25) is 10.0 Å². The van der Waals surface area contributed by atoms with Gasteiger partial charge in [0, 0.05) is 18.1 Å². The molecule has 1 saturated carbocycles. The lowest BCUT2D eigenvalue weighted by Crippen LogP contribution is -2.29. The molecule has 3 nitrogen and oxygen atoms in total. The van der Waals surface area contributed by atoms with Crippen LogP contribution < -0.4 is 0 Å². The Kier molecular flexibility index (Phi) is 3.80. The van der Waals surface area contributed by atoms with Gasteiger partial charge in [-0.05, 0) is 52.4 Å². The molecule has 1 aliphatic carbocycles. The van der Waals surface area contributed by atoms with Gasteiger partial charge in [0.15, 0.2) is 0 Å². The van der Waals surface area contributed by atoms with Crippen molar-refractivity contribution < 1.29 is 12.8 Å². The summed E-state index contributed by atoms with van der Waals surface area (Å²) in [6.07, 6.45) is 1.07. The third kappa shape index (κ3) is 2.75. The molecule has 18 heavy (non-hydrogen) atoms. The number of hydrogen-bond donors (Lipinski definition) is 0. The summed E-state index contributed by atoms with van der Waals surface area (Å²) in [5, 5.41) is 0. The Balaban J connectivity index is 2.24. The summed E-state index contributed by atoms with van der Waals surface area (Å²) >= 11 is 3.10. The number of halogens is 2. The molecule has 0 aromatic heterocycles. The maximum absolute atomic E-state index is 13.0. The first-order valence-corrected chi connectivity index (χ1v) is 7.97. The molecule has 2 atom stereocenters. The summed E-state index contributed by atoms with van der Waals surface area (Å²) in [7, 11) is -1.98. The fourth-order valence-electron chi connectivity index (χ4n) is 1.93. The molecule has 0 N–H and O–H groups in total. The maximum atomic E-state index is 13.0. The van der Waals surface area contributed by atoms with Gasteiger partial charge in [-0.3, -0.25) is 0 Å². The van der Waals surface area contributed by atoms with E-state index in [1.807, 2.05) is 0 Å². The lowest BCUT2D eigenvalue weighted by Gasteiger charge is -2.18. The molecule has 1 aliphatic rings. The lowest BCUT2D eigenvalue weighted by atomic mass is 10.3. The van der Waals surface area contributed by atoms with E-state index in [0.29, 0.717) is 18.4 Å². The number of sulfonamides is 1. The Morgan fingerprint density at radius 3 is 2.61 bits per heavy atom. The zero-order valence-corrected chi connectivity index (χ0v) is 12.6. The van der Waals surface area contributed by atoms with Crippen LogP contribution in [0.2, 0.25) is 0 Å². The molecule has 2 unspecified atom stereocenters. The maximum Gasteiger partial charge on any atom is 0.243 e. The summed E-state index contributed by atoms with van der Waals surface area (Å²) in [6, 6.07) is 3.62. The van der Waals surface area contributed by atoms with Gasteiger partial charge in [-0.25, -0.2) is 17.1 Å². The molecule has 0 radical (unpaired) electrons. The topological polar surface area (TPSA) is 37.4 Å². The van der Waals surface area contributed by atoms with Crippen molar-refractivity contribution in [1.82, 2.24) is 4.31 Å². The summed E-state index contributed by atoms with van der Waals surface area (Å²) in [4.78, 5) is 0.111. The van der Waals surface area contributed by atoms with Crippen molar-refractivity contribution >= 4 is 26.0 Å². The van der Waals surface area contributed by atoms with Crippen molar-refractivity contribution in [2.24, 2.45) is 11.8 Å². The van der Waals surface area contributed by atoms with Gasteiger partial charge in [0.1, 0.15) is 5.82 Å². The van der Waals surface area contributed by atoms with E-state index in [-0.39, 0.29) is 9.37 Å². The van der Waals surface area contributed by atoms with E-state index in [9.17, 15) is 12.8 Å². The highest BCUT2D eigenvalue weighted by Crippen LogP contribution is 2.39. The van der Waals surface area contributed by atoms with E-state index in [2.05, 4.69) is 22.9 Å². The lowest BCUT2D eigenvalue weighted by molar-refractivity contribution is 0.444. The van der Waals surface area contributed by atoms with E-state index in [4.69, 9.17) is 0 Å². The van der Waals surface area contributed by atoms with Crippen molar-refractivity contribution in [3.63, 3.8) is 0 Å². The first kappa shape index (κ1) is 14.0. The fourth-order valence-corrected chi connectivity index (χ4v) is 4.17. The van der Waals surface area contributed by atoms with Gasteiger partial charge in [0.05, 0.1) is 4.90 Å². The zero-order chi connectivity index (χ0) is 13.5. The minimum Gasteiger partial charge on any atom is -0.207 e. The van der Waals surface area contributed by atoms with E-state index in [0.717, 1.165) is 12.5 Å². The Bertz CT molecular complexity index is 561. The molecular weight excluding hydrogens is 321 g/mol. The second-order valence-corrected chi connectivity index (χ2v) is 7.70. The molecule has 1 aromatic rings. The quantitative estimate of drug-likeness (QED) is 0.848. The molecule has 0 bridgehead atoms. The Morgan fingerprint density at radius 1 is 1.50 bits per heavy atom. The molecule has 100 valence electrons. The Labute approximate surface area is 115 Å². The van der Waals surface area contributed by atoms with E-state index >= 15 is 0 Å². The minimum atomic E-state index is -3.55. The largest absolute Gasteiger partial charge is 0.243 e. The summed E-state index contributed by atoms with van der Waals surface area (Å²) in [5.74, 6) is 0.586. The molecule has 6 heteroatoms.